The van der Waals surface area contributed by atoms with Crippen LogP contribution in [-0.4, -0.2) is 23.3 Å². The van der Waals surface area contributed by atoms with Crippen LogP contribution in [0.25, 0.3) is 10.9 Å². The number of fused-ring (bicyclic) bond motifs is 1. The number of nitrogen functional groups attached to an aromatic ring is 1. The molecule has 0 atom stereocenters. The van der Waals surface area contributed by atoms with E-state index in [-0.39, 0.29) is 34.7 Å². The molecule has 0 unspecified atom stereocenters. The Labute approximate surface area is 137 Å². The molecule has 0 radical (unpaired) electrons. The van der Waals surface area contributed by atoms with Gasteiger partial charge in [0.2, 0.25) is 5.78 Å². The molecule has 122 valence electrons. The van der Waals surface area contributed by atoms with Gasteiger partial charge in [0.25, 0.3) is 0 Å². The normalized spacial score (nSPS) is 10.8. The molecule has 0 saturated carbocycles. The number of esters is 1. The molecule has 0 aliphatic heterocycles. The number of hydrogen-bond acceptors (Lipinski definition) is 4. The highest BCUT2D eigenvalue weighted by molar-refractivity contribution is 6.16. The number of rotatable bonds is 4. The quantitative estimate of drug-likeness (QED) is 0.569. The van der Waals surface area contributed by atoms with Crippen LogP contribution in [-0.2, 0) is 4.74 Å². The number of H-pyrrole nitrogens is 1. The third kappa shape index (κ3) is 2.52. The van der Waals surface area contributed by atoms with Crippen LogP contribution >= 0.6 is 0 Å². The van der Waals surface area contributed by atoms with Crippen molar-refractivity contribution in [2.45, 2.75) is 6.92 Å². The van der Waals surface area contributed by atoms with E-state index in [1.807, 2.05) is 0 Å². The number of nitrogens with one attached hydrogen (secondary N) is 1. The second-order valence-electron chi connectivity index (χ2n) is 5.18. The Bertz CT molecular complexity index is 932. The Morgan fingerprint density at radius 2 is 1.88 bits per heavy atom. The van der Waals surface area contributed by atoms with Crippen LogP contribution in [0.15, 0.2) is 42.5 Å². The summed E-state index contributed by atoms with van der Waals surface area (Å²) in [6.07, 6.45) is 0. The molecule has 5 nitrogen and oxygen atoms in total. The van der Waals surface area contributed by atoms with Crippen LogP contribution in [0, 0.1) is 5.82 Å². The molecule has 0 aliphatic rings. The monoisotopic (exact) mass is 326 g/mol. The van der Waals surface area contributed by atoms with E-state index in [4.69, 9.17) is 10.5 Å². The zero-order valence-electron chi connectivity index (χ0n) is 12.9. The third-order valence-electron chi connectivity index (χ3n) is 3.70. The highest BCUT2D eigenvalue weighted by atomic mass is 19.1. The summed E-state index contributed by atoms with van der Waals surface area (Å²) in [7, 11) is 0. The van der Waals surface area contributed by atoms with Crippen molar-refractivity contribution >= 4 is 28.3 Å². The smallest absolute Gasteiger partial charge is 0.341 e. The van der Waals surface area contributed by atoms with E-state index in [1.54, 1.807) is 37.3 Å². The number of ketones is 1. The lowest BCUT2D eigenvalue weighted by atomic mass is 10.1. The standard InChI is InChI=1S/C18H15FN2O3/c1-2-24-18(23)11-8-9-12-13(14(11)19)15(20)16(21-12)17(22)10-6-4-3-5-7-10/h3-9,21H,2,20H2,1H3. The van der Waals surface area contributed by atoms with Crippen molar-refractivity contribution in [2.24, 2.45) is 0 Å². The molecule has 0 fully saturated rings. The maximum absolute atomic E-state index is 14.7. The van der Waals surface area contributed by atoms with Gasteiger partial charge in [0.05, 0.1) is 28.8 Å². The van der Waals surface area contributed by atoms with Gasteiger partial charge in [-0.2, -0.15) is 0 Å². The van der Waals surface area contributed by atoms with Gasteiger partial charge in [-0.15, -0.1) is 0 Å². The van der Waals surface area contributed by atoms with E-state index in [0.29, 0.717) is 11.1 Å². The fraction of sp³-hybridized carbons (Fsp3) is 0.111. The number of carbonyl (C=O) groups is 2. The molecule has 3 N–H and O–H groups in total. The van der Waals surface area contributed by atoms with Crippen LogP contribution in [0.5, 0.6) is 0 Å². The van der Waals surface area contributed by atoms with E-state index >= 15 is 0 Å². The average molecular weight is 326 g/mol. The zero-order valence-corrected chi connectivity index (χ0v) is 12.9. The zero-order chi connectivity index (χ0) is 17.3. The Kier molecular flexibility index (Phi) is 4.04. The molecule has 0 amide bonds. The maximum atomic E-state index is 14.7. The van der Waals surface area contributed by atoms with Crippen molar-refractivity contribution in [3.63, 3.8) is 0 Å². The van der Waals surface area contributed by atoms with Gasteiger partial charge in [-0.05, 0) is 19.1 Å². The topological polar surface area (TPSA) is 85.2 Å². The Morgan fingerprint density at radius 3 is 2.54 bits per heavy atom. The van der Waals surface area contributed by atoms with Crippen molar-refractivity contribution in [3.8, 4) is 0 Å². The molecular weight excluding hydrogens is 311 g/mol. The fourth-order valence-electron chi connectivity index (χ4n) is 2.55. The van der Waals surface area contributed by atoms with Gasteiger partial charge in [0.15, 0.2) is 0 Å². The molecule has 3 rings (SSSR count). The number of aromatic nitrogens is 1. The first-order valence-electron chi connectivity index (χ1n) is 7.41. The van der Waals surface area contributed by atoms with Crippen molar-refractivity contribution in [3.05, 3.63) is 65.1 Å². The summed E-state index contributed by atoms with van der Waals surface area (Å²) in [6.45, 7) is 1.77. The van der Waals surface area contributed by atoms with Gasteiger partial charge >= 0.3 is 5.97 Å². The second kappa shape index (κ2) is 6.16. The lowest BCUT2D eigenvalue weighted by Gasteiger charge is -2.04. The fourth-order valence-corrected chi connectivity index (χ4v) is 2.55. The summed E-state index contributed by atoms with van der Waals surface area (Å²) in [4.78, 5) is 27.2. The summed E-state index contributed by atoms with van der Waals surface area (Å²) >= 11 is 0. The number of aromatic amines is 1. The molecule has 0 spiro atoms. The van der Waals surface area contributed by atoms with Crippen molar-refractivity contribution in [1.29, 1.82) is 0 Å². The predicted octanol–water partition coefficient (Wildman–Crippen LogP) is 3.30. The Morgan fingerprint density at radius 1 is 1.17 bits per heavy atom. The lowest BCUT2D eigenvalue weighted by molar-refractivity contribution is 0.0521. The molecular formula is C18H15FN2O3. The van der Waals surface area contributed by atoms with E-state index in [0.717, 1.165) is 0 Å². The van der Waals surface area contributed by atoms with Crippen LogP contribution in [0.2, 0.25) is 0 Å². The number of carbonyl (C=O) groups excluding carboxylic acids is 2. The summed E-state index contributed by atoms with van der Waals surface area (Å²) < 4.78 is 19.5. The van der Waals surface area contributed by atoms with Gasteiger partial charge in [-0.3, -0.25) is 4.79 Å². The number of nitrogens with two attached hydrogens (primary N) is 1. The number of ether oxygens (including phenoxy) is 1. The summed E-state index contributed by atoms with van der Waals surface area (Å²) in [5.41, 5.74) is 6.61. The van der Waals surface area contributed by atoms with Gasteiger partial charge in [0.1, 0.15) is 11.5 Å². The number of benzene rings is 2. The van der Waals surface area contributed by atoms with Crippen LogP contribution in [0.1, 0.15) is 33.3 Å². The Balaban J connectivity index is 2.13. The summed E-state index contributed by atoms with van der Waals surface area (Å²) in [5, 5.41) is 0.0137. The molecule has 0 saturated heterocycles. The van der Waals surface area contributed by atoms with Gasteiger partial charge < -0.3 is 15.5 Å². The summed E-state index contributed by atoms with van der Waals surface area (Å²) in [5.74, 6) is -1.92. The molecule has 0 bridgehead atoms. The Hall–Kier alpha value is -3.15. The highest BCUT2D eigenvalue weighted by Gasteiger charge is 2.23. The molecule has 3 aromatic rings. The molecule has 0 aliphatic carbocycles. The number of anilines is 1. The molecule has 1 aromatic heterocycles. The largest absolute Gasteiger partial charge is 0.462 e. The van der Waals surface area contributed by atoms with Gasteiger partial charge in [0, 0.05) is 5.56 Å². The van der Waals surface area contributed by atoms with E-state index < -0.39 is 11.8 Å². The summed E-state index contributed by atoms with van der Waals surface area (Å²) in [6, 6.07) is 11.3. The molecule has 2 aromatic carbocycles. The first-order chi connectivity index (χ1) is 11.5. The first kappa shape index (κ1) is 15.7. The minimum Gasteiger partial charge on any atom is -0.462 e. The predicted molar refractivity (Wildman–Crippen MR) is 88.5 cm³/mol. The SMILES string of the molecule is CCOC(=O)c1ccc2[nH]c(C(=O)c3ccccc3)c(N)c2c1F. The lowest BCUT2D eigenvalue weighted by Crippen LogP contribution is -2.07. The maximum Gasteiger partial charge on any atom is 0.341 e. The molecule has 6 heteroatoms. The van der Waals surface area contributed by atoms with Gasteiger partial charge in [-0.25, -0.2) is 9.18 Å². The minimum absolute atomic E-state index is 0.0137. The van der Waals surface area contributed by atoms with E-state index in [2.05, 4.69) is 4.98 Å². The van der Waals surface area contributed by atoms with E-state index in [1.165, 1.54) is 12.1 Å². The highest BCUT2D eigenvalue weighted by Crippen LogP contribution is 2.31. The second-order valence-corrected chi connectivity index (χ2v) is 5.18. The number of halogens is 1. The van der Waals surface area contributed by atoms with Gasteiger partial charge in [-0.1, -0.05) is 30.3 Å². The van der Waals surface area contributed by atoms with Crippen molar-refractivity contribution in [1.82, 2.24) is 4.98 Å². The number of hydrogen-bond donors (Lipinski definition) is 2. The molecule has 1 heterocycles. The van der Waals surface area contributed by atoms with Crippen molar-refractivity contribution in [2.75, 3.05) is 12.3 Å². The third-order valence-corrected chi connectivity index (χ3v) is 3.70. The minimum atomic E-state index is -0.799. The van der Waals surface area contributed by atoms with E-state index in [9.17, 15) is 14.0 Å². The van der Waals surface area contributed by atoms with Crippen molar-refractivity contribution < 1.29 is 18.7 Å². The van der Waals surface area contributed by atoms with Crippen LogP contribution < -0.4 is 5.73 Å². The van der Waals surface area contributed by atoms with Crippen LogP contribution in [0.4, 0.5) is 10.1 Å². The molecule has 24 heavy (non-hydrogen) atoms. The van der Waals surface area contributed by atoms with Crippen LogP contribution in [0.3, 0.4) is 0 Å². The first-order valence-corrected chi connectivity index (χ1v) is 7.41. The average Bonchev–Trinajstić information content (AvgIpc) is 2.93.